The molecule has 1 unspecified atom stereocenters. The highest BCUT2D eigenvalue weighted by Gasteiger charge is 2.18. The summed E-state index contributed by atoms with van der Waals surface area (Å²) in [5, 5.41) is 0. The van der Waals surface area contributed by atoms with Crippen molar-refractivity contribution in [3.63, 3.8) is 0 Å². The Morgan fingerprint density at radius 1 is 1.10 bits per heavy atom. The minimum Gasteiger partial charge on any atom is -0.494 e. The zero-order chi connectivity index (χ0) is 13.9. The Morgan fingerprint density at radius 2 is 1.85 bits per heavy atom. The van der Waals surface area contributed by atoms with Gasteiger partial charge in [-0.3, -0.25) is 0 Å². The summed E-state index contributed by atoms with van der Waals surface area (Å²) in [4.78, 5) is 0. The van der Waals surface area contributed by atoms with Gasteiger partial charge in [0, 0.05) is 6.04 Å². The lowest BCUT2D eigenvalue weighted by Gasteiger charge is -2.09. The summed E-state index contributed by atoms with van der Waals surface area (Å²) in [6, 6.07) is 15.2. The molecule has 2 aromatic carbocycles. The first-order valence-electron chi connectivity index (χ1n) is 7.39. The highest BCUT2D eigenvalue weighted by atomic mass is 16.5. The molecule has 3 rings (SSSR count). The van der Waals surface area contributed by atoms with Gasteiger partial charge in [0.25, 0.3) is 0 Å². The van der Waals surface area contributed by atoms with Crippen molar-refractivity contribution in [1.29, 1.82) is 0 Å². The van der Waals surface area contributed by atoms with Crippen LogP contribution in [0.2, 0.25) is 0 Å². The molecule has 0 fully saturated rings. The maximum absolute atomic E-state index is 6.08. The van der Waals surface area contributed by atoms with E-state index in [2.05, 4.69) is 37.3 Å². The zero-order valence-corrected chi connectivity index (χ0v) is 11.9. The molecule has 0 saturated carbocycles. The van der Waals surface area contributed by atoms with Gasteiger partial charge in [0.2, 0.25) is 0 Å². The van der Waals surface area contributed by atoms with Crippen molar-refractivity contribution < 1.29 is 4.74 Å². The summed E-state index contributed by atoms with van der Waals surface area (Å²) in [7, 11) is 0. The molecule has 1 aliphatic rings. The van der Waals surface area contributed by atoms with E-state index in [1.165, 1.54) is 22.3 Å². The molecule has 2 aromatic rings. The number of rotatable bonds is 4. The molecular weight excluding hydrogens is 246 g/mol. The molecule has 0 radical (unpaired) electrons. The van der Waals surface area contributed by atoms with Crippen molar-refractivity contribution in [3.8, 4) is 16.9 Å². The second-order valence-corrected chi connectivity index (χ2v) is 5.43. The fourth-order valence-corrected chi connectivity index (χ4v) is 2.79. The number of aryl methyl sites for hydroxylation is 1. The van der Waals surface area contributed by atoms with Crippen molar-refractivity contribution in [1.82, 2.24) is 0 Å². The fraction of sp³-hybridized carbons (Fsp3) is 0.333. The molecule has 104 valence electrons. The molecule has 0 heterocycles. The third-order valence-corrected chi connectivity index (χ3v) is 3.93. The van der Waals surface area contributed by atoms with Gasteiger partial charge in [-0.15, -0.1) is 0 Å². The lowest BCUT2D eigenvalue weighted by Crippen LogP contribution is -2.04. The average molecular weight is 267 g/mol. The molecule has 20 heavy (non-hydrogen) atoms. The summed E-state index contributed by atoms with van der Waals surface area (Å²) >= 11 is 0. The van der Waals surface area contributed by atoms with Crippen LogP contribution in [0.3, 0.4) is 0 Å². The highest BCUT2D eigenvalue weighted by molar-refractivity contribution is 5.66. The van der Waals surface area contributed by atoms with Crippen LogP contribution in [0.15, 0.2) is 42.5 Å². The van der Waals surface area contributed by atoms with E-state index in [4.69, 9.17) is 10.5 Å². The molecule has 2 nitrogen and oxygen atoms in total. The molecule has 2 heteroatoms. The van der Waals surface area contributed by atoms with Crippen LogP contribution in [0.1, 0.15) is 36.9 Å². The number of fused-ring (bicyclic) bond motifs is 1. The monoisotopic (exact) mass is 267 g/mol. The second-order valence-electron chi connectivity index (χ2n) is 5.43. The third-order valence-electron chi connectivity index (χ3n) is 3.93. The van der Waals surface area contributed by atoms with Crippen LogP contribution in [0.4, 0.5) is 0 Å². The maximum atomic E-state index is 6.08. The summed E-state index contributed by atoms with van der Waals surface area (Å²) in [5.41, 5.74) is 11.3. The quantitative estimate of drug-likeness (QED) is 0.905. The third kappa shape index (κ3) is 2.56. The second kappa shape index (κ2) is 5.68. The Balaban J connectivity index is 1.82. The molecule has 1 aliphatic carbocycles. The number of hydrogen-bond acceptors (Lipinski definition) is 2. The van der Waals surface area contributed by atoms with Gasteiger partial charge in [-0.1, -0.05) is 37.3 Å². The number of benzene rings is 2. The van der Waals surface area contributed by atoms with Crippen molar-refractivity contribution in [2.45, 2.75) is 32.2 Å². The van der Waals surface area contributed by atoms with Gasteiger partial charge in [0.05, 0.1) is 6.61 Å². The Hall–Kier alpha value is -1.80. The van der Waals surface area contributed by atoms with Crippen molar-refractivity contribution in [2.24, 2.45) is 5.73 Å². The van der Waals surface area contributed by atoms with Gasteiger partial charge in [-0.2, -0.15) is 0 Å². The van der Waals surface area contributed by atoms with Gasteiger partial charge >= 0.3 is 0 Å². The standard InChI is InChI=1S/C18H21NO/c1-2-11-20-16-7-3-13(4-8-16)14-5-9-17-15(12-14)6-10-18(17)19/h3-5,7-9,12,18H,2,6,10-11,19H2,1H3. The van der Waals surface area contributed by atoms with E-state index in [1.807, 2.05) is 12.1 Å². The molecule has 1 atom stereocenters. The van der Waals surface area contributed by atoms with Gasteiger partial charge in [-0.05, 0) is 53.6 Å². The summed E-state index contributed by atoms with van der Waals surface area (Å²) in [5.74, 6) is 0.943. The van der Waals surface area contributed by atoms with E-state index in [-0.39, 0.29) is 6.04 Å². The van der Waals surface area contributed by atoms with Gasteiger partial charge in [0.1, 0.15) is 5.75 Å². The van der Waals surface area contributed by atoms with Gasteiger partial charge < -0.3 is 10.5 Å². The number of ether oxygens (including phenoxy) is 1. The Kier molecular flexibility index (Phi) is 3.75. The first-order valence-corrected chi connectivity index (χ1v) is 7.39. The minimum atomic E-state index is 0.226. The predicted molar refractivity (Wildman–Crippen MR) is 82.9 cm³/mol. The first kappa shape index (κ1) is 13.2. The van der Waals surface area contributed by atoms with Crippen LogP contribution in [-0.4, -0.2) is 6.61 Å². The van der Waals surface area contributed by atoms with Crippen LogP contribution in [0.25, 0.3) is 11.1 Å². The minimum absolute atomic E-state index is 0.226. The fourth-order valence-electron chi connectivity index (χ4n) is 2.79. The van der Waals surface area contributed by atoms with E-state index >= 15 is 0 Å². The number of hydrogen-bond donors (Lipinski definition) is 1. The lowest BCUT2D eigenvalue weighted by atomic mass is 10.00. The van der Waals surface area contributed by atoms with E-state index in [0.29, 0.717) is 0 Å². The predicted octanol–water partition coefficient (Wildman–Crippen LogP) is 4.09. The van der Waals surface area contributed by atoms with Crippen LogP contribution in [-0.2, 0) is 6.42 Å². The average Bonchev–Trinajstić information content (AvgIpc) is 2.86. The highest BCUT2D eigenvalue weighted by Crippen LogP contribution is 2.33. The summed E-state index contributed by atoms with van der Waals surface area (Å²) in [6.45, 7) is 2.89. The van der Waals surface area contributed by atoms with E-state index < -0.39 is 0 Å². The molecule has 0 spiro atoms. The lowest BCUT2D eigenvalue weighted by molar-refractivity contribution is 0.317. The van der Waals surface area contributed by atoms with Crippen LogP contribution in [0.5, 0.6) is 5.75 Å². The summed E-state index contributed by atoms with van der Waals surface area (Å²) in [6.07, 6.45) is 3.21. The van der Waals surface area contributed by atoms with Crippen molar-refractivity contribution in [2.75, 3.05) is 6.61 Å². The molecule has 0 aliphatic heterocycles. The van der Waals surface area contributed by atoms with Crippen LogP contribution >= 0.6 is 0 Å². The zero-order valence-electron chi connectivity index (χ0n) is 11.9. The first-order chi connectivity index (χ1) is 9.78. The van der Waals surface area contributed by atoms with E-state index in [1.54, 1.807) is 0 Å². The Labute approximate surface area is 120 Å². The van der Waals surface area contributed by atoms with Crippen LogP contribution < -0.4 is 10.5 Å². The van der Waals surface area contributed by atoms with Crippen LogP contribution in [0, 0.1) is 0 Å². The molecule has 0 saturated heterocycles. The molecular formula is C18H21NO. The van der Waals surface area contributed by atoms with Crippen molar-refractivity contribution in [3.05, 3.63) is 53.6 Å². The molecule has 0 bridgehead atoms. The SMILES string of the molecule is CCCOc1ccc(-c2ccc3c(c2)CCC3N)cc1. The smallest absolute Gasteiger partial charge is 0.119 e. The van der Waals surface area contributed by atoms with Gasteiger partial charge in [-0.25, -0.2) is 0 Å². The van der Waals surface area contributed by atoms with E-state index in [0.717, 1.165) is 31.6 Å². The largest absolute Gasteiger partial charge is 0.494 e. The van der Waals surface area contributed by atoms with E-state index in [9.17, 15) is 0 Å². The van der Waals surface area contributed by atoms with Gasteiger partial charge in [0.15, 0.2) is 0 Å². The molecule has 0 amide bonds. The maximum Gasteiger partial charge on any atom is 0.119 e. The normalized spacial score (nSPS) is 17.0. The molecule has 2 N–H and O–H groups in total. The summed E-state index contributed by atoms with van der Waals surface area (Å²) < 4.78 is 5.62. The molecule has 0 aromatic heterocycles. The topological polar surface area (TPSA) is 35.2 Å². The Bertz CT molecular complexity index is 589. The Morgan fingerprint density at radius 3 is 2.60 bits per heavy atom. The van der Waals surface area contributed by atoms with Crippen molar-refractivity contribution >= 4 is 0 Å². The number of nitrogens with two attached hydrogens (primary N) is 1.